The largest absolute Gasteiger partial charge is 0.296 e. The monoisotopic (exact) mass is 273 g/mol. The van der Waals surface area contributed by atoms with Crippen molar-refractivity contribution in [2.24, 2.45) is 0 Å². The van der Waals surface area contributed by atoms with Gasteiger partial charge in [-0.25, -0.2) is 9.97 Å². The van der Waals surface area contributed by atoms with E-state index in [1.54, 1.807) is 0 Å². The summed E-state index contributed by atoms with van der Waals surface area (Å²) < 4.78 is 13.9. The van der Waals surface area contributed by atoms with E-state index in [9.17, 15) is 9.18 Å². The Morgan fingerprint density at radius 2 is 1.95 bits per heavy atom. The Morgan fingerprint density at radius 3 is 2.74 bits per heavy atom. The van der Waals surface area contributed by atoms with Gasteiger partial charge in [-0.2, -0.15) is 4.39 Å². The maximum absolute atomic E-state index is 12.9. The van der Waals surface area contributed by atoms with Crippen molar-refractivity contribution < 1.29 is 9.18 Å². The van der Waals surface area contributed by atoms with E-state index in [1.807, 2.05) is 24.3 Å². The highest BCUT2D eigenvalue weighted by Crippen LogP contribution is 2.25. The molecule has 0 radical (unpaired) electrons. The maximum atomic E-state index is 12.9. The van der Waals surface area contributed by atoms with E-state index in [0.29, 0.717) is 5.13 Å². The predicted molar refractivity (Wildman–Crippen MR) is 71.8 cm³/mol. The molecule has 0 bridgehead atoms. The molecule has 0 atom stereocenters. The van der Waals surface area contributed by atoms with Gasteiger partial charge in [0.15, 0.2) is 5.13 Å². The van der Waals surface area contributed by atoms with Crippen molar-refractivity contribution in [1.82, 2.24) is 9.97 Å². The third-order valence-corrected chi connectivity index (χ3v) is 3.41. The van der Waals surface area contributed by atoms with Crippen LogP contribution in [0.25, 0.3) is 10.2 Å². The molecule has 0 aliphatic carbocycles. The molecule has 1 aromatic carbocycles. The first-order chi connectivity index (χ1) is 9.22. The lowest BCUT2D eigenvalue weighted by atomic mass is 10.3. The number of nitrogens with zero attached hydrogens (tertiary/aromatic N) is 2. The van der Waals surface area contributed by atoms with Crippen molar-refractivity contribution in [1.29, 1.82) is 0 Å². The number of fused-ring (bicyclic) bond motifs is 1. The number of thiazole rings is 1. The first-order valence-corrected chi connectivity index (χ1v) is 6.33. The van der Waals surface area contributed by atoms with Crippen LogP contribution in [0.15, 0.2) is 42.5 Å². The molecule has 0 spiro atoms. The molecular formula is C13H8FN3OS. The molecule has 1 N–H and O–H groups in total. The Labute approximate surface area is 111 Å². The average molecular weight is 273 g/mol. The van der Waals surface area contributed by atoms with Crippen molar-refractivity contribution in [3.05, 3.63) is 54.1 Å². The number of aromatic nitrogens is 2. The molecule has 0 aliphatic heterocycles. The normalized spacial score (nSPS) is 10.6. The van der Waals surface area contributed by atoms with E-state index in [-0.39, 0.29) is 5.69 Å². The molecular weight excluding hydrogens is 265 g/mol. The summed E-state index contributed by atoms with van der Waals surface area (Å²) in [4.78, 5) is 19.7. The van der Waals surface area contributed by atoms with Gasteiger partial charge >= 0.3 is 0 Å². The minimum atomic E-state index is -0.683. The molecule has 0 saturated carbocycles. The average Bonchev–Trinajstić information content (AvgIpc) is 2.80. The van der Waals surface area contributed by atoms with Gasteiger partial charge in [-0.3, -0.25) is 10.1 Å². The van der Waals surface area contributed by atoms with Crippen molar-refractivity contribution in [3.8, 4) is 0 Å². The standard InChI is InChI=1S/C13H8FN3OS/c14-11-7-3-5-9(15-11)12(18)17-13-16-8-4-1-2-6-10(8)19-13/h1-7H,(H,16,17,18). The van der Waals surface area contributed by atoms with Gasteiger partial charge in [0.25, 0.3) is 5.91 Å². The number of anilines is 1. The van der Waals surface area contributed by atoms with E-state index >= 15 is 0 Å². The highest BCUT2D eigenvalue weighted by molar-refractivity contribution is 7.22. The van der Waals surface area contributed by atoms with Gasteiger partial charge in [0.2, 0.25) is 5.95 Å². The summed E-state index contributed by atoms with van der Waals surface area (Å²) in [6.07, 6.45) is 0. The van der Waals surface area contributed by atoms with Crippen molar-refractivity contribution in [2.45, 2.75) is 0 Å². The lowest BCUT2D eigenvalue weighted by Crippen LogP contribution is -2.13. The van der Waals surface area contributed by atoms with Gasteiger partial charge in [-0.1, -0.05) is 29.5 Å². The van der Waals surface area contributed by atoms with E-state index in [2.05, 4.69) is 15.3 Å². The number of rotatable bonds is 2. The Kier molecular flexibility index (Phi) is 2.92. The van der Waals surface area contributed by atoms with Gasteiger partial charge in [-0.05, 0) is 24.3 Å². The fraction of sp³-hybridized carbons (Fsp3) is 0. The molecule has 19 heavy (non-hydrogen) atoms. The second-order valence-corrected chi connectivity index (χ2v) is 4.82. The second-order valence-electron chi connectivity index (χ2n) is 3.79. The van der Waals surface area contributed by atoms with Gasteiger partial charge < -0.3 is 0 Å². The molecule has 0 aliphatic rings. The molecule has 94 valence electrons. The van der Waals surface area contributed by atoms with Gasteiger partial charge in [-0.15, -0.1) is 0 Å². The number of benzene rings is 1. The summed E-state index contributed by atoms with van der Waals surface area (Å²) in [6.45, 7) is 0. The number of nitrogens with one attached hydrogen (secondary N) is 1. The molecule has 2 heterocycles. The van der Waals surface area contributed by atoms with Crippen molar-refractivity contribution >= 4 is 32.6 Å². The quantitative estimate of drug-likeness (QED) is 0.730. The maximum Gasteiger partial charge on any atom is 0.276 e. The molecule has 6 heteroatoms. The molecule has 0 unspecified atom stereocenters. The first kappa shape index (κ1) is 11.7. The summed E-state index contributed by atoms with van der Waals surface area (Å²) >= 11 is 1.36. The Morgan fingerprint density at radius 1 is 1.11 bits per heavy atom. The fourth-order valence-electron chi connectivity index (χ4n) is 1.62. The number of pyridine rings is 1. The molecule has 1 amide bonds. The topological polar surface area (TPSA) is 54.9 Å². The second kappa shape index (κ2) is 4.74. The molecule has 3 aromatic rings. The lowest BCUT2D eigenvalue weighted by Gasteiger charge is -2.00. The predicted octanol–water partition coefficient (Wildman–Crippen LogP) is 3.08. The first-order valence-electron chi connectivity index (χ1n) is 5.52. The summed E-state index contributed by atoms with van der Waals surface area (Å²) in [5, 5.41) is 3.08. The summed E-state index contributed by atoms with van der Waals surface area (Å²) in [5.74, 6) is -1.16. The van der Waals surface area contributed by atoms with Crippen molar-refractivity contribution in [2.75, 3.05) is 5.32 Å². The SMILES string of the molecule is O=C(Nc1nc2ccccc2s1)c1cccc(F)n1. The number of halogens is 1. The number of carbonyl (C=O) groups is 1. The summed E-state index contributed by atoms with van der Waals surface area (Å²) in [6, 6.07) is 11.6. The molecule has 0 saturated heterocycles. The van der Waals surface area contributed by atoms with E-state index in [0.717, 1.165) is 10.2 Å². The van der Waals surface area contributed by atoms with Crippen LogP contribution in [0, 0.1) is 5.95 Å². The van der Waals surface area contributed by atoms with Crippen LogP contribution in [-0.2, 0) is 0 Å². The van der Waals surface area contributed by atoms with Crippen LogP contribution in [0.5, 0.6) is 0 Å². The van der Waals surface area contributed by atoms with Crippen LogP contribution < -0.4 is 5.32 Å². The van der Waals surface area contributed by atoms with E-state index in [4.69, 9.17) is 0 Å². The van der Waals surface area contributed by atoms with Crippen LogP contribution in [0.4, 0.5) is 9.52 Å². The van der Waals surface area contributed by atoms with Crippen LogP contribution in [0.3, 0.4) is 0 Å². The zero-order valence-electron chi connectivity index (χ0n) is 9.63. The molecule has 2 aromatic heterocycles. The van der Waals surface area contributed by atoms with Gasteiger partial charge in [0.1, 0.15) is 5.69 Å². The minimum Gasteiger partial charge on any atom is -0.296 e. The Bertz CT molecular complexity index is 723. The lowest BCUT2D eigenvalue weighted by molar-refractivity contribution is 0.102. The number of amides is 1. The number of para-hydroxylation sites is 1. The van der Waals surface area contributed by atoms with Gasteiger partial charge in [0, 0.05) is 0 Å². The third kappa shape index (κ3) is 2.43. The third-order valence-electron chi connectivity index (χ3n) is 2.46. The van der Waals surface area contributed by atoms with Crippen molar-refractivity contribution in [3.63, 3.8) is 0 Å². The van der Waals surface area contributed by atoms with Crippen LogP contribution in [0.1, 0.15) is 10.5 Å². The number of carbonyl (C=O) groups excluding carboxylic acids is 1. The highest BCUT2D eigenvalue weighted by Gasteiger charge is 2.11. The summed E-state index contributed by atoms with van der Waals surface area (Å²) in [5.41, 5.74) is 0.842. The number of hydrogen-bond donors (Lipinski definition) is 1. The minimum absolute atomic E-state index is 0.0271. The van der Waals surface area contributed by atoms with Crippen LogP contribution in [0.2, 0.25) is 0 Å². The molecule has 0 fully saturated rings. The summed E-state index contributed by atoms with van der Waals surface area (Å²) in [7, 11) is 0. The molecule has 3 rings (SSSR count). The highest BCUT2D eigenvalue weighted by atomic mass is 32.1. The zero-order chi connectivity index (χ0) is 13.2. The smallest absolute Gasteiger partial charge is 0.276 e. The Balaban J connectivity index is 1.86. The van der Waals surface area contributed by atoms with E-state index in [1.165, 1.54) is 29.5 Å². The number of hydrogen-bond acceptors (Lipinski definition) is 4. The zero-order valence-corrected chi connectivity index (χ0v) is 10.4. The Hall–Kier alpha value is -2.34. The molecule has 4 nitrogen and oxygen atoms in total. The van der Waals surface area contributed by atoms with E-state index < -0.39 is 11.9 Å². The van der Waals surface area contributed by atoms with Crippen LogP contribution in [-0.4, -0.2) is 15.9 Å². The fourth-order valence-corrected chi connectivity index (χ4v) is 2.48. The van der Waals surface area contributed by atoms with Gasteiger partial charge in [0.05, 0.1) is 10.2 Å². The van der Waals surface area contributed by atoms with Crippen LogP contribution >= 0.6 is 11.3 Å².